The van der Waals surface area contributed by atoms with E-state index in [0.29, 0.717) is 6.42 Å². The predicted molar refractivity (Wildman–Crippen MR) is 60.7 cm³/mol. The molecule has 1 N–H and O–H groups in total. The molecule has 0 radical (unpaired) electrons. The summed E-state index contributed by atoms with van der Waals surface area (Å²) in [7, 11) is 0. The first-order chi connectivity index (χ1) is 6.58. The molecule has 0 heterocycles. The number of rotatable bonds is 3. The van der Waals surface area contributed by atoms with Crippen molar-refractivity contribution in [2.45, 2.75) is 31.2 Å². The molecule has 0 aliphatic heterocycles. The summed E-state index contributed by atoms with van der Waals surface area (Å²) in [4.78, 5) is 12.3. The van der Waals surface area contributed by atoms with Crippen molar-refractivity contribution >= 4 is 18.5 Å². The van der Waals surface area contributed by atoms with Crippen LogP contribution in [0.3, 0.4) is 0 Å². The molecule has 1 rings (SSSR count). The van der Waals surface area contributed by atoms with Crippen molar-refractivity contribution in [1.29, 1.82) is 0 Å². The summed E-state index contributed by atoms with van der Waals surface area (Å²) in [6.07, 6.45) is 0.437. The zero-order valence-corrected chi connectivity index (χ0v) is 9.34. The topological polar surface area (TPSA) is 29.1 Å². The van der Waals surface area contributed by atoms with Crippen molar-refractivity contribution in [2.75, 3.05) is 0 Å². The molecule has 76 valence electrons. The summed E-state index contributed by atoms with van der Waals surface area (Å²) in [5.74, 6) is 0.0620. The van der Waals surface area contributed by atoms with E-state index in [4.69, 9.17) is 0 Å². The fourth-order valence-corrected chi connectivity index (χ4v) is 1.32. The van der Waals surface area contributed by atoms with Gasteiger partial charge in [0.05, 0.1) is 6.42 Å². The van der Waals surface area contributed by atoms with Crippen molar-refractivity contribution < 1.29 is 4.79 Å². The molecule has 2 nitrogen and oxygen atoms in total. The van der Waals surface area contributed by atoms with Crippen LogP contribution in [-0.4, -0.2) is 11.9 Å². The van der Waals surface area contributed by atoms with Crippen LogP contribution in [0, 0.1) is 0 Å². The van der Waals surface area contributed by atoms with Gasteiger partial charge in [0.1, 0.15) is 0 Å². The highest BCUT2D eigenvalue weighted by Gasteiger charge is 2.03. The van der Waals surface area contributed by atoms with E-state index in [1.807, 2.05) is 38.1 Å². The molecule has 0 bridgehead atoms. The highest BCUT2D eigenvalue weighted by molar-refractivity contribution is 7.80. The highest BCUT2D eigenvalue weighted by Crippen LogP contribution is 2.08. The molecular formula is C11H15NOS. The Labute approximate surface area is 90.1 Å². The minimum atomic E-state index is 0.0620. The fourth-order valence-electron chi connectivity index (χ4n) is 1.17. The summed E-state index contributed by atoms with van der Waals surface area (Å²) in [5, 5.41) is 2.85. The molecule has 1 aromatic carbocycles. The third-order valence-corrected chi connectivity index (χ3v) is 2.05. The lowest BCUT2D eigenvalue weighted by Crippen LogP contribution is -2.31. The van der Waals surface area contributed by atoms with Gasteiger partial charge in [-0.25, -0.2) is 0 Å². The summed E-state index contributed by atoms with van der Waals surface area (Å²) in [6.45, 7) is 3.91. The predicted octanol–water partition coefficient (Wildman–Crippen LogP) is 2.04. The van der Waals surface area contributed by atoms with Gasteiger partial charge in [0.25, 0.3) is 0 Å². The number of carbonyl (C=O) groups excluding carboxylic acids is 1. The maximum absolute atomic E-state index is 11.4. The van der Waals surface area contributed by atoms with Crippen molar-refractivity contribution in [2.24, 2.45) is 0 Å². The summed E-state index contributed by atoms with van der Waals surface area (Å²) >= 11 is 4.18. The van der Waals surface area contributed by atoms with Crippen LogP contribution < -0.4 is 5.32 Å². The number of hydrogen-bond acceptors (Lipinski definition) is 2. The molecule has 0 aliphatic rings. The van der Waals surface area contributed by atoms with Crippen molar-refractivity contribution in [3.63, 3.8) is 0 Å². The van der Waals surface area contributed by atoms with Crippen molar-refractivity contribution in [1.82, 2.24) is 5.32 Å². The van der Waals surface area contributed by atoms with Crippen LogP contribution in [0.5, 0.6) is 0 Å². The van der Waals surface area contributed by atoms with Crippen LogP contribution in [0.15, 0.2) is 29.2 Å². The monoisotopic (exact) mass is 209 g/mol. The molecule has 0 aliphatic carbocycles. The van der Waals surface area contributed by atoms with Gasteiger partial charge in [-0.05, 0) is 31.5 Å². The normalized spacial score (nSPS) is 10.3. The van der Waals surface area contributed by atoms with E-state index >= 15 is 0 Å². The summed E-state index contributed by atoms with van der Waals surface area (Å²) in [5.41, 5.74) is 1.01. The number of carbonyl (C=O) groups is 1. The van der Waals surface area contributed by atoms with E-state index in [-0.39, 0.29) is 11.9 Å². The first-order valence-corrected chi connectivity index (χ1v) is 5.10. The molecule has 14 heavy (non-hydrogen) atoms. The molecule has 0 aromatic heterocycles. The maximum atomic E-state index is 11.4. The van der Waals surface area contributed by atoms with Crippen molar-refractivity contribution in [3.05, 3.63) is 29.8 Å². The third kappa shape index (κ3) is 3.83. The summed E-state index contributed by atoms with van der Waals surface area (Å²) < 4.78 is 0. The van der Waals surface area contributed by atoms with Crippen LogP contribution >= 0.6 is 12.6 Å². The van der Waals surface area contributed by atoms with Crippen LogP contribution in [0.4, 0.5) is 0 Å². The van der Waals surface area contributed by atoms with Crippen LogP contribution in [-0.2, 0) is 11.2 Å². The minimum absolute atomic E-state index is 0.0620. The van der Waals surface area contributed by atoms with Gasteiger partial charge >= 0.3 is 0 Å². The van der Waals surface area contributed by atoms with Crippen LogP contribution in [0.25, 0.3) is 0 Å². The number of amides is 1. The molecule has 0 saturated heterocycles. The first-order valence-electron chi connectivity index (χ1n) is 4.65. The smallest absolute Gasteiger partial charge is 0.224 e. The van der Waals surface area contributed by atoms with Gasteiger partial charge in [-0.3, -0.25) is 4.79 Å². The van der Waals surface area contributed by atoms with Gasteiger partial charge in [-0.15, -0.1) is 12.6 Å². The molecule has 1 aromatic rings. The first kappa shape index (κ1) is 11.1. The molecule has 0 unspecified atom stereocenters. The molecule has 1 amide bonds. The van der Waals surface area contributed by atoms with E-state index in [0.717, 1.165) is 10.5 Å². The zero-order valence-electron chi connectivity index (χ0n) is 8.45. The van der Waals surface area contributed by atoms with Crippen LogP contribution in [0.1, 0.15) is 19.4 Å². The Balaban J connectivity index is 2.52. The third-order valence-electron chi connectivity index (χ3n) is 1.75. The number of thiol groups is 1. The fraction of sp³-hybridized carbons (Fsp3) is 0.364. The van der Waals surface area contributed by atoms with Gasteiger partial charge in [-0.1, -0.05) is 12.1 Å². The van der Waals surface area contributed by atoms with E-state index in [1.54, 1.807) is 0 Å². The lowest BCUT2D eigenvalue weighted by molar-refractivity contribution is -0.120. The van der Waals surface area contributed by atoms with Crippen LogP contribution in [0.2, 0.25) is 0 Å². The molecule has 0 saturated carbocycles. The van der Waals surface area contributed by atoms with Gasteiger partial charge in [0.2, 0.25) is 5.91 Å². The number of benzene rings is 1. The lowest BCUT2D eigenvalue weighted by atomic mass is 10.1. The quantitative estimate of drug-likeness (QED) is 0.733. The van der Waals surface area contributed by atoms with Gasteiger partial charge < -0.3 is 5.32 Å². The Kier molecular flexibility index (Phi) is 4.01. The Morgan fingerprint density at radius 1 is 1.36 bits per heavy atom. The van der Waals surface area contributed by atoms with Gasteiger partial charge in [0.15, 0.2) is 0 Å². The highest BCUT2D eigenvalue weighted by atomic mass is 32.1. The Morgan fingerprint density at radius 2 is 1.93 bits per heavy atom. The second kappa shape index (κ2) is 5.05. The number of nitrogens with one attached hydrogen (secondary N) is 1. The Hall–Kier alpha value is -0.960. The Morgan fingerprint density at radius 3 is 2.43 bits per heavy atom. The summed E-state index contributed by atoms with van der Waals surface area (Å²) in [6, 6.07) is 7.82. The lowest BCUT2D eigenvalue weighted by Gasteiger charge is -2.07. The number of hydrogen-bond donors (Lipinski definition) is 2. The van der Waals surface area contributed by atoms with E-state index in [9.17, 15) is 4.79 Å². The maximum Gasteiger partial charge on any atom is 0.224 e. The second-order valence-corrected chi connectivity index (χ2v) is 4.08. The van der Waals surface area contributed by atoms with Gasteiger partial charge in [-0.2, -0.15) is 0 Å². The zero-order chi connectivity index (χ0) is 10.6. The molecule has 0 spiro atoms. The molecule has 0 fully saturated rings. The molecule has 0 atom stereocenters. The second-order valence-electron chi connectivity index (χ2n) is 3.57. The molecular weight excluding hydrogens is 194 g/mol. The average Bonchev–Trinajstić information content (AvgIpc) is 2.07. The Bertz CT molecular complexity index is 306. The van der Waals surface area contributed by atoms with E-state index in [2.05, 4.69) is 17.9 Å². The van der Waals surface area contributed by atoms with Crippen molar-refractivity contribution in [3.8, 4) is 0 Å². The minimum Gasteiger partial charge on any atom is -0.354 e. The van der Waals surface area contributed by atoms with E-state index < -0.39 is 0 Å². The molecule has 3 heteroatoms. The largest absolute Gasteiger partial charge is 0.354 e. The average molecular weight is 209 g/mol. The van der Waals surface area contributed by atoms with E-state index in [1.165, 1.54) is 0 Å². The standard InChI is InChI=1S/C11H15NOS/c1-8(2)12-11(13)7-9-3-5-10(14)6-4-9/h3-6,8,14H,7H2,1-2H3,(H,12,13). The SMILES string of the molecule is CC(C)NC(=O)Cc1ccc(S)cc1. The van der Waals surface area contributed by atoms with Gasteiger partial charge in [0, 0.05) is 10.9 Å².